The normalized spacial score (nSPS) is 19.6. The molecule has 1 aliphatic heterocycles. The monoisotopic (exact) mass is 392 g/mol. The number of hydrogen-bond acceptors (Lipinski definition) is 4. The Morgan fingerprint density at radius 1 is 1.14 bits per heavy atom. The molecule has 3 aromatic heterocycles. The van der Waals surface area contributed by atoms with Crippen molar-refractivity contribution in [3.63, 3.8) is 0 Å². The van der Waals surface area contributed by atoms with Crippen LogP contribution >= 0.6 is 11.6 Å². The number of benzene rings is 1. The second-order valence-electron chi connectivity index (χ2n) is 7.49. The summed E-state index contributed by atoms with van der Waals surface area (Å²) in [6, 6.07) is 10.7. The number of ether oxygens (including phenoxy) is 1. The summed E-state index contributed by atoms with van der Waals surface area (Å²) in [5.74, 6) is 0. The van der Waals surface area contributed by atoms with Crippen molar-refractivity contribution in [2.75, 3.05) is 0 Å². The van der Waals surface area contributed by atoms with Gasteiger partial charge in [0, 0.05) is 17.8 Å². The zero-order chi connectivity index (χ0) is 19.1. The third kappa shape index (κ3) is 3.25. The molecule has 1 saturated heterocycles. The van der Waals surface area contributed by atoms with Crippen LogP contribution in [-0.4, -0.2) is 25.6 Å². The molecule has 0 radical (unpaired) electrons. The number of halogens is 1. The molecule has 6 heteroatoms. The van der Waals surface area contributed by atoms with E-state index in [1.165, 1.54) is 22.8 Å². The minimum absolute atomic E-state index is 0.00899. The minimum atomic E-state index is 0.00899. The van der Waals surface area contributed by atoms with E-state index in [0.717, 1.165) is 42.2 Å². The van der Waals surface area contributed by atoms with Crippen LogP contribution in [-0.2, 0) is 11.2 Å². The minimum Gasteiger partial charge on any atom is -0.355 e. The first-order valence-electron chi connectivity index (χ1n) is 9.65. The predicted molar refractivity (Wildman–Crippen MR) is 110 cm³/mol. The molecule has 0 amide bonds. The van der Waals surface area contributed by atoms with E-state index in [1.807, 2.05) is 18.5 Å². The van der Waals surface area contributed by atoms with Crippen molar-refractivity contribution >= 4 is 33.5 Å². The molecule has 2 unspecified atom stereocenters. The molecular formula is C22H21ClN4O. The van der Waals surface area contributed by atoms with Gasteiger partial charge in [0.15, 0.2) is 0 Å². The van der Waals surface area contributed by atoms with E-state index in [0.29, 0.717) is 5.15 Å². The number of pyridine rings is 1. The van der Waals surface area contributed by atoms with Crippen molar-refractivity contribution < 1.29 is 4.74 Å². The summed E-state index contributed by atoms with van der Waals surface area (Å²) in [7, 11) is 0. The lowest BCUT2D eigenvalue weighted by molar-refractivity contribution is 0.00120. The highest BCUT2D eigenvalue weighted by Crippen LogP contribution is 2.34. The van der Waals surface area contributed by atoms with E-state index in [2.05, 4.69) is 50.7 Å². The molecule has 0 spiro atoms. The molecule has 0 saturated carbocycles. The van der Waals surface area contributed by atoms with E-state index in [1.54, 1.807) is 0 Å². The van der Waals surface area contributed by atoms with Crippen molar-refractivity contribution in [1.82, 2.24) is 19.5 Å². The molecule has 1 aliphatic rings. The van der Waals surface area contributed by atoms with Crippen molar-refractivity contribution in [2.45, 2.75) is 44.9 Å². The van der Waals surface area contributed by atoms with Crippen molar-refractivity contribution in [3.8, 4) is 0 Å². The van der Waals surface area contributed by atoms with Gasteiger partial charge in [-0.05, 0) is 61.9 Å². The van der Waals surface area contributed by atoms with Crippen molar-refractivity contribution in [1.29, 1.82) is 0 Å². The number of rotatable bonds is 4. The largest absolute Gasteiger partial charge is 0.355 e. The molecule has 0 aliphatic carbocycles. The molecule has 4 aromatic rings. The number of aryl methyl sites for hydroxylation is 2. The van der Waals surface area contributed by atoms with Crippen LogP contribution in [0.5, 0.6) is 0 Å². The Kier molecular flexibility index (Phi) is 4.49. The van der Waals surface area contributed by atoms with E-state index >= 15 is 0 Å². The molecule has 142 valence electrons. The average Bonchev–Trinajstić information content (AvgIpc) is 3.33. The Morgan fingerprint density at radius 3 is 3.00 bits per heavy atom. The zero-order valence-corrected chi connectivity index (χ0v) is 16.4. The predicted octanol–water partition coefficient (Wildman–Crippen LogP) is 5.25. The van der Waals surface area contributed by atoms with Crippen LogP contribution in [0, 0.1) is 6.92 Å². The fraction of sp³-hybridized carbons (Fsp3) is 0.318. The Bertz CT molecular complexity index is 1160. The van der Waals surface area contributed by atoms with Crippen LogP contribution < -0.4 is 0 Å². The number of fused-ring (bicyclic) bond motifs is 2. The third-order valence-corrected chi connectivity index (χ3v) is 5.80. The van der Waals surface area contributed by atoms with Crippen LogP contribution in [0.15, 0.2) is 49.1 Å². The maximum Gasteiger partial charge on any atom is 0.146 e. The van der Waals surface area contributed by atoms with Gasteiger partial charge in [0.25, 0.3) is 0 Å². The van der Waals surface area contributed by atoms with Crippen LogP contribution in [0.2, 0.25) is 5.15 Å². The zero-order valence-electron chi connectivity index (χ0n) is 15.7. The first-order chi connectivity index (χ1) is 13.7. The molecule has 2 atom stereocenters. The van der Waals surface area contributed by atoms with Gasteiger partial charge in [-0.15, -0.1) is 0 Å². The Labute approximate surface area is 168 Å². The highest BCUT2D eigenvalue weighted by atomic mass is 35.5. The maximum absolute atomic E-state index is 6.32. The molecular weight excluding hydrogens is 372 g/mol. The van der Waals surface area contributed by atoms with Gasteiger partial charge in [-0.25, -0.2) is 9.97 Å². The lowest BCUT2D eigenvalue weighted by Crippen LogP contribution is -2.12. The van der Waals surface area contributed by atoms with Crippen molar-refractivity contribution in [3.05, 3.63) is 65.3 Å². The molecule has 28 heavy (non-hydrogen) atoms. The summed E-state index contributed by atoms with van der Waals surface area (Å²) in [5.41, 5.74) is 4.39. The number of aromatic nitrogens is 4. The first-order valence-corrected chi connectivity index (χ1v) is 10.0. The summed E-state index contributed by atoms with van der Waals surface area (Å²) in [4.78, 5) is 13.0. The van der Waals surface area contributed by atoms with Crippen LogP contribution in [0.4, 0.5) is 0 Å². The molecule has 5 rings (SSSR count). The first kappa shape index (κ1) is 17.6. The molecule has 0 bridgehead atoms. The molecule has 0 N–H and O–H groups in total. The Morgan fingerprint density at radius 2 is 2.07 bits per heavy atom. The topological polar surface area (TPSA) is 52.8 Å². The third-order valence-electron chi connectivity index (χ3n) is 5.50. The smallest absolute Gasteiger partial charge is 0.146 e. The van der Waals surface area contributed by atoms with E-state index < -0.39 is 0 Å². The van der Waals surface area contributed by atoms with Gasteiger partial charge in [-0.2, -0.15) is 0 Å². The van der Waals surface area contributed by atoms with Gasteiger partial charge in [0.1, 0.15) is 23.4 Å². The molecule has 5 nitrogen and oxygen atoms in total. The summed E-state index contributed by atoms with van der Waals surface area (Å²) in [5, 5.41) is 2.55. The summed E-state index contributed by atoms with van der Waals surface area (Å²) in [6.45, 7) is 2.07. The van der Waals surface area contributed by atoms with E-state index in [9.17, 15) is 0 Å². The van der Waals surface area contributed by atoms with Gasteiger partial charge in [0.2, 0.25) is 0 Å². The van der Waals surface area contributed by atoms with Crippen LogP contribution in [0.3, 0.4) is 0 Å². The van der Waals surface area contributed by atoms with Crippen LogP contribution in [0.1, 0.15) is 36.6 Å². The molecule has 1 fully saturated rings. The lowest BCUT2D eigenvalue weighted by Gasteiger charge is -2.16. The van der Waals surface area contributed by atoms with Crippen molar-refractivity contribution in [2.24, 2.45) is 0 Å². The van der Waals surface area contributed by atoms with E-state index in [-0.39, 0.29) is 12.3 Å². The average molecular weight is 393 g/mol. The lowest BCUT2D eigenvalue weighted by atomic mass is 10.0. The number of nitrogens with zero attached hydrogens (tertiary/aromatic N) is 4. The van der Waals surface area contributed by atoms with Gasteiger partial charge < -0.3 is 9.30 Å². The van der Waals surface area contributed by atoms with Gasteiger partial charge in [-0.1, -0.05) is 23.7 Å². The van der Waals surface area contributed by atoms with E-state index in [4.69, 9.17) is 16.3 Å². The fourth-order valence-corrected chi connectivity index (χ4v) is 4.23. The van der Waals surface area contributed by atoms with Crippen LogP contribution in [0.25, 0.3) is 21.9 Å². The second-order valence-corrected chi connectivity index (χ2v) is 7.85. The summed E-state index contributed by atoms with van der Waals surface area (Å²) >= 11 is 6.16. The quantitative estimate of drug-likeness (QED) is 0.445. The highest BCUT2D eigenvalue weighted by molar-refractivity contribution is 6.33. The number of hydrogen-bond donors (Lipinski definition) is 0. The Hall–Kier alpha value is -2.50. The highest BCUT2D eigenvalue weighted by Gasteiger charge is 2.27. The maximum atomic E-state index is 6.32. The molecule has 4 heterocycles. The SMILES string of the molecule is Cc1cnc2cc(CCC3CCC(n4ccc5c(Cl)ncnc54)O3)ccc2c1. The summed E-state index contributed by atoms with van der Waals surface area (Å²) in [6.07, 6.45) is 9.71. The standard InChI is InChI=1S/C22H21ClN4O/c1-14-10-16-4-2-15(11-19(16)24-12-14)3-5-17-6-7-20(28-17)27-9-8-18-21(23)25-13-26-22(18)27/h2,4,8-13,17,20H,3,5-7H2,1H3. The van der Waals surface area contributed by atoms with Gasteiger partial charge in [-0.3, -0.25) is 4.98 Å². The van der Waals surface area contributed by atoms with Gasteiger partial charge in [0.05, 0.1) is 17.0 Å². The summed E-state index contributed by atoms with van der Waals surface area (Å²) < 4.78 is 8.40. The Balaban J connectivity index is 1.26. The molecule has 1 aromatic carbocycles. The van der Waals surface area contributed by atoms with Gasteiger partial charge >= 0.3 is 0 Å². The fourth-order valence-electron chi connectivity index (χ4n) is 4.04. The second kappa shape index (κ2) is 7.15.